The number of ether oxygens (including phenoxy) is 2. The van der Waals surface area contributed by atoms with E-state index in [4.69, 9.17) is 15.2 Å². The number of aryl methyl sites for hydroxylation is 1. The van der Waals surface area contributed by atoms with Gasteiger partial charge < -0.3 is 15.2 Å². The Morgan fingerprint density at radius 3 is 2.54 bits per heavy atom. The molecule has 4 heteroatoms. The number of benzene rings is 1. The maximum absolute atomic E-state index is 6.15. The van der Waals surface area contributed by atoms with Crippen LogP contribution >= 0.6 is 0 Å². The van der Waals surface area contributed by atoms with Gasteiger partial charge in [-0.1, -0.05) is 46.0 Å². The quantitative estimate of drug-likeness (QED) is 0.485. The van der Waals surface area contributed by atoms with Gasteiger partial charge in [0.1, 0.15) is 0 Å². The van der Waals surface area contributed by atoms with Gasteiger partial charge in [-0.05, 0) is 24.5 Å². The molecule has 0 aliphatic rings. The lowest BCUT2D eigenvalue weighted by atomic mass is 10.0. The van der Waals surface area contributed by atoms with E-state index in [2.05, 4.69) is 18.8 Å². The molecule has 0 radical (unpaired) electrons. The summed E-state index contributed by atoms with van der Waals surface area (Å²) in [5, 5.41) is 0.989. The van der Waals surface area contributed by atoms with Gasteiger partial charge in [0.2, 0.25) is 0 Å². The van der Waals surface area contributed by atoms with E-state index in [0.717, 1.165) is 29.5 Å². The second kappa shape index (κ2) is 9.36. The third-order valence-corrected chi connectivity index (χ3v) is 4.39. The minimum absolute atomic E-state index is 0.629. The van der Waals surface area contributed by atoms with Crippen LogP contribution in [-0.2, 0) is 6.42 Å². The highest BCUT2D eigenvalue weighted by Crippen LogP contribution is 2.40. The molecule has 24 heavy (non-hydrogen) atoms. The lowest BCUT2D eigenvalue weighted by molar-refractivity contribution is 0.288. The Bertz CT molecular complexity index is 656. The lowest BCUT2D eigenvalue weighted by Crippen LogP contribution is -2.03. The molecule has 4 nitrogen and oxygen atoms in total. The van der Waals surface area contributed by atoms with Crippen LogP contribution in [-0.4, -0.2) is 18.7 Å². The zero-order valence-corrected chi connectivity index (χ0v) is 15.2. The first-order valence-electron chi connectivity index (χ1n) is 9.09. The molecule has 0 aliphatic carbocycles. The van der Waals surface area contributed by atoms with Gasteiger partial charge in [-0.3, -0.25) is 4.98 Å². The Morgan fingerprint density at radius 2 is 1.83 bits per heavy atom. The van der Waals surface area contributed by atoms with Crippen molar-refractivity contribution in [3.8, 4) is 11.5 Å². The standard InChI is InChI=1S/C20H30N2O2/c1-4-6-7-8-9-10-13-24-20-17(23-3)14-16(21)19-18(20)15(5-2)11-12-22-19/h11-12,14H,4-10,13,21H2,1-3H3. The number of unbranched alkanes of at least 4 members (excludes halogenated alkanes) is 5. The number of methoxy groups -OCH3 is 1. The Morgan fingerprint density at radius 1 is 1.08 bits per heavy atom. The molecule has 0 bridgehead atoms. The summed E-state index contributed by atoms with van der Waals surface area (Å²) in [6.07, 6.45) is 10.2. The van der Waals surface area contributed by atoms with Crippen LogP contribution < -0.4 is 15.2 Å². The van der Waals surface area contributed by atoms with Gasteiger partial charge in [0.25, 0.3) is 0 Å². The first-order chi connectivity index (χ1) is 11.7. The van der Waals surface area contributed by atoms with Gasteiger partial charge in [0.15, 0.2) is 11.5 Å². The average Bonchev–Trinajstić information content (AvgIpc) is 2.61. The molecule has 132 valence electrons. The van der Waals surface area contributed by atoms with Crippen molar-refractivity contribution in [2.24, 2.45) is 0 Å². The summed E-state index contributed by atoms with van der Waals surface area (Å²) in [5.41, 5.74) is 8.76. The fraction of sp³-hybridized carbons (Fsp3) is 0.550. The summed E-state index contributed by atoms with van der Waals surface area (Å²) < 4.78 is 11.6. The van der Waals surface area contributed by atoms with Gasteiger partial charge >= 0.3 is 0 Å². The molecular formula is C20H30N2O2. The van der Waals surface area contributed by atoms with Crippen molar-refractivity contribution in [1.82, 2.24) is 4.98 Å². The van der Waals surface area contributed by atoms with Gasteiger partial charge in [-0.2, -0.15) is 0 Å². The van der Waals surface area contributed by atoms with Crippen molar-refractivity contribution in [3.05, 3.63) is 23.9 Å². The smallest absolute Gasteiger partial charge is 0.170 e. The van der Waals surface area contributed by atoms with E-state index in [9.17, 15) is 0 Å². The SMILES string of the molecule is CCCCCCCCOc1c(OC)cc(N)c2nccc(CC)c12. The molecule has 2 aromatic rings. The number of aromatic nitrogens is 1. The monoisotopic (exact) mass is 330 g/mol. The number of pyridine rings is 1. The molecule has 0 saturated heterocycles. The minimum Gasteiger partial charge on any atom is -0.493 e. The maximum Gasteiger partial charge on any atom is 0.170 e. The molecular weight excluding hydrogens is 300 g/mol. The summed E-state index contributed by atoms with van der Waals surface area (Å²) in [7, 11) is 1.65. The van der Waals surface area contributed by atoms with E-state index < -0.39 is 0 Å². The molecule has 1 aromatic carbocycles. The molecule has 0 amide bonds. The van der Waals surface area contributed by atoms with Crippen LogP contribution in [0.2, 0.25) is 0 Å². The zero-order valence-electron chi connectivity index (χ0n) is 15.2. The van der Waals surface area contributed by atoms with Crippen LogP contribution in [0.25, 0.3) is 10.9 Å². The van der Waals surface area contributed by atoms with E-state index in [1.807, 2.05) is 18.3 Å². The normalized spacial score (nSPS) is 11.0. The Labute approximate surface area is 145 Å². The van der Waals surface area contributed by atoms with E-state index in [1.165, 1.54) is 37.7 Å². The molecule has 0 unspecified atom stereocenters. The highest BCUT2D eigenvalue weighted by molar-refractivity contribution is 5.98. The molecule has 2 N–H and O–H groups in total. The Hall–Kier alpha value is -1.97. The largest absolute Gasteiger partial charge is 0.493 e. The predicted molar refractivity (Wildman–Crippen MR) is 101 cm³/mol. The molecule has 1 heterocycles. The zero-order chi connectivity index (χ0) is 17.4. The van der Waals surface area contributed by atoms with Crippen molar-refractivity contribution < 1.29 is 9.47 Å². The summed E-state index contributed by atoms with van der Waals surface area (Å²) in [4.78, 5) is 4.44. The average molecular weight is 330 g/mol. The van der Waals surface area contributed by atoms with E-state index in [0.29, 0.717) is 18.0 Å². The fourth-order valence-corrected chi connectivity index (χ4v) is 3.02. The Kier molecular flexibility index (Phi) is 7.16. The van der Waals surface area contributed by atoms with Gasteiger partial charge in [0.05, 0.1) is 30.3 Å². The molecule has 2 rings (SSSR count). The maximum atomic E-state index is 6.15. The van der Waals surface area contributed by atoms with Gasteiger partial charge in [-0.15, -0.1) is 0 Å². The summed E-state index contributed by atoms with van der Waals surface area (Å²) in [6.45, 7) is 5.06. The van der Waals surface area contributed by atoms with Crippen LogP contribution in [0.5, 0.6) is 11.5 Å². The molecule has 1 aromatic heterocycles. The first kappa shape index (κ1) is 18.4. The topological polar surface area (TPSA) is 57.4 Å². The number of anilines is 1. The number of hydrogen-bond acceptors (Lipinski definition) is 4. The van der Waals surface area contributed by atoms with E-state index >= 15 is 0 Å². The van der Waals surface area contributed by atoms with E-state index in [-0.39, 0.29) is 0 Å². The number of hydrogen-bond donors (Lipinski definition) is 1. The van der Waals surface area contributed by atoms with Crippen LogP contribution in [0, 0.1) is 0 Å². The minimum atomic E-state index is 0.629. The molecule has 0 saturated carbocycles. The lowest BCUT2D eigenvalue weighted by Gasteiger charge is -2.16. The number of fused-ring (bicyclic) bond motifs is 1. The first-order valence-corrected chi connectivity index (χ1v) is 9.09. The fourth-order valence-electron chi connectivity index (χ4n) is 3.02. The molecule has 0 atom stereocenters. The van der Waals surface area contributed by atoms with E-state index in [1.54, 1.807) is 7.11 Å². The van der Waals surface area contributed by atoms with Crippen LogP contribution in [0.3, 0.4) is 0 Å². The third-order valence-electron chi connectivity index (χ3n) is 4.39. The van der Waals surface area contributed by atoms with Gasteiger partial charge in [-0.25, -0.2) is 0 Å². The van der Waals surface area contributed by atoms with Crippen molar-refractivity contribution in [1.29, 1.82) is 0 Å². The van der Waals surface area contributed by atoms with Gasteiger partial charge in [0, 0.05) is 12.3 Å². The molecule has 0 spiro atoms. The van der Waals surface area contributed by atoms with Crippen molar-refractivity contribution in [3.63, 3.8) is 0 Å². The summed E-state index contributed by atoms with van der Waals surface area (Å²) in [5.74, 6) is 1.47. The summed E-state index contributed by atoms with van der Waals surface area (Å²) >= 11 is 0. The number of nitrogens with zero attached hydrogens (tertiary/aromatic N) is 1. The number of nitrogen functional groups attached to an aromatic ring is 1. The molecule has 0 fully saturated rings. The van der Waals surface area contributed by atoms with Crippen molar-refractivity contribution in [2.75, 3.05) is 19.5 Å². The predicted octanol–water partition coefficient (Wildman–Crippen LogP) is 5.13. The number of nitrogens with two attached hydrogens (primary N) is 1. The third kappa shape index (κ3) is 4.31. The second-order valence-electron chi connectivity index (χ2n) is 6.16. The van der Waals surface area contributed by atoms with Crippen LogP contribution in [0.1, 0.15) is 57.9 Å². The van der Waals surface area contributed by atoms with Crippen molar-refractivity contribution >= 4 is 16.6 Å². The molecule has 0 aliphatic heterocycles. The highest BCUT2D eigenvalue weighted by atomic mass is 16.5. The Balaban J connectivity index is 2.17. The van der Waals surface area contributed by atoms with Crippen LogP contribution in [0.4, 0.5) is 5.69 Å². The van der Waals surface area contributed by atoms with Crippen molar-refractivity contribution in [2.45, 2.75) is 58.8 Å². The number of rotatable bonds is 10. The van der Waals surface area contributed by atoms with Crippen LogP contribution in [0.15, 0.2) is 18.3 Å². The highest BCUT2D eigenvalue weighted by Gasteiger charge is 2.16. The summed E-state index contributed by atoms with van der Waals surface area (Å²) in [6, 6.07) is 3.84. The second-order valence-corrected chi connectivity index (χ2v) is 6.16.